The molecule has 1 aromatic heterocycles. The number of pyridine rings is 1. The van der Waals surface area contributed by atoms with E-state index in [0.717, 1.165) is 5.56 Å². The number of amides is 1. The van der Waals surface area contributed by atoms with Gasteiger partial charge >= 0.3 is 0 Å². The monoisotopic (exact) mass is 364 g/mol. The number of para-hydroxylation sites is 2. The van der Waals surface area contributed by atoms with E-state index in [1.165, 1.54) is 19.4 Å². The SMILES string of the molecule is COc1ccccc1NC(=O)c1cc(=O)c(OCc2ccccc2)cn1C. The Kier molecular flexibility index (Phi) is 5.56. The second-order valence-electron chi connectivity index (χ2n) is 5.93. The summed E-state index contributed by atoms with van der Waals surface area (Å²) in [6.07, 6.45) is 1.52. The number of carbonyl (C=O) groups is 1. The van der Waals surface area contributed by atoms with Crippen molar-refractivity contribution in [2.75, 3.05) is 12.4 Å². The van der Waals surface area contributed by atoms with Crippen LogP contribution in [0.2, 0.25) is 0 Å². The number of hydrogen-bond donors (Lipinski definition) is 1. The summed E-state index contributed by atoms with van der Waals surface area (Å²) in [5.41, 5.74) is 1.35. The third kappa shape index (κ3) is 4.36. The van der Waals surface area contributed by atoms with Gasteiger partial charge in [-0.05, 0) is 17.7 Å². The summed E-state index contributed by atoms with van der Waals surface area (Å²) >= 11 is 0. The van der Waals surface area contributed by atoms with Crippen LogP contribution in [0.25, 0.3) is 0 Å². The van der Waals surface area contributed by atoms with Crippen LogP contribution < -0.4 is 20.2 Å². The molecule has 0 atom stereocenters. The Morgan fingerprint density at radius 1 is 1.04 bits per heavy atom. The summed E-state index contributed by atoms with van der Waals surface area (Å²) in [6, 6.07) is 17.9. The molecule has 0 fully saturated rings. The molecule has 3 rings (SSSR count). The van der Waals surface area contributed by atoms with Crippen molar-refractivity contribution in [3.05, 3.63) is 88.3 Å². The number of ether oxygens (including phenoxy) is 2. The number of aromatic nitrogens is 1. The molecule has 3 aromatic rings. The molecule has 1 amide bonds. The van der Waals surface area contributed by atoms with Gasteiger partial charge in [-0.3, -0.25) is 9.59 Å². The minimum atomic E-state index is -0.409. The van der Waals surface area contributed by atoms with Gasteiger partial charge in [-0.2, -0.15) is 0 Å². The van der Waals surface area contributed by atoms with Crippen LogP contribution in [-0.4, -0.2) is 17.6 Å². The van der Waals surface area contributed by atoms with E-state index in [-0.39, 0.29) is 23.5 Å². The molecule has 27 heavy (non-hydrogen) atoms. The lowest BCUT2D eigenvalue weighted by atomic mass is 10.2. The van der Waals surface area contributed by atoms with Gasteiger partial charge in [0, 0.05) is 13.1 Å². The quantitative estimate of drug-likeness (QED) is 0.729. The largest absolute Gasteiger partial charge is 0.495 e. The zero-order chi connectivity index (χ0) is 19.2. The van der Waals surface area contributed by atoms with Crippen LogP contribution in [0.3, 0.4) is 0 Å². The maximum atomic E-state index is 12.6. The molecule has 0 aliphatic carbocycles. The fourth-order valence-corrected chi connectivity index (χ4v) is 2.61. The van der Waals surface area contributed by atoms with Gasteiger partial charge in [-0.1, -0.05) is 42.5 Å². The fourth-order valence-electron chi connectivity index (χ4n) is 2.61. The Morgan fingerprint density at radius 3 is 2.48 bits per heavy atom. The molecule has 2 aromatic carbocycles. The summed E-state index contributed by atoms with van der Waals surface area (Å²) in [7, 11) is 3.21. The van der Waals surface area contributed by atoms with Crippen molar-refractivity contribution in [2.45, 2.75) is 6.61 Å². The van der Waals surface area contributed by atoms with Crippen molar-refractivity contribution in [3.63, 3.8) is 0 Å². The Bertz CT molecular complexity index is 997. The number of anilines is 1. The van der Waals surface area contributed by atoms with E-state index >= 15 is 0 Å². The van der Waals surface area contributed by atoms with Gasteiger partial charge < -0.3 is 19.4 Å². The number of methoxy groups -OCH3 is 1. The molecule has 0 saturated heterocycles. The minimum absolute atomic E-state index is 0.190. The minimum Gasteiger partial charge on any atom is -0.495 e. The van der Waals surface area contributed by atoms with E-state index in [9.17, 15) is 9.59 Å². The number of carbonyl (C=O) groups excluding carboxylic acids is 1. The van der Waals surface area contributed by atoms with Crippen molar-refractivity contribution >= 4 is 11.6 Å². The number of nitrogens with one attached hydrogen (secondary N) is 1. The fraction of sp³-hybridized carbons (Fsp3) is 0.143. The van der Waals surface area contributed by atoms with Gasteiger partial charge in [0.1, 0.15) is 18.1 Å². The molecule has 0 aliphatic rings. The van der Waals surface area contributed by atoms with Crippen molar-refractivity contribution in [1.29, 1.82) is 0 Å². The number of aryl methyl sites for hydroxylation is 1. The highest BCUT2D eigenvalue weighted by atomic mass is 16.5. The highest BCUT2D eigenvalue weighted by Gasteiger charge is 2.14. The normalized spacial score (nSPS) is 10.3. The van der Waals surface area contributed by atoms with Crippen LogP contribution in [0.5, 0.6) is 11.5 Å². The molecule has 0 spiro atoms. The summed E-state index contributed by atoms with van der Waals surface area (Å²) in [4.78, 5) is 24.9. The summed E-state index contributed by atoms with van der Waals surface area (Å²) in [5, 5.41) is 2.76. The van der Waals surface area contributed by atoms with Crippen molar-refractivity contribution in [1.82, 2.24) is 4.57 Å². The first kappa shape index (κ1) is 18.3. The molecule has 0 aliphatic heterocycles. The molecular formula is C21H20N2O4. The third-order valence-electron chi connectivity index (χ3n) is 4.03. The predicted octanol–water partition coefficient (Wildman–Crippen LogP) is 3.23. The van der Waals surface area contributed by atoms with Gasteiger partial charge in [0.2, 0.25) is 5.43 Å². The van der Waals surface area contributed by atoms with E-state index in [0.29, 0.717) is 11.4 Å². The Morgan fingerprint density at radius 2 is 1.74 bits per heavy atom. The maximum absolute atomic E-state index is 12.6. The summed E-state index contributed by atoms with van der Waals surface area (Å²) in [6.45, 7) is 0.281. The first-order valence-corrected chi connectivity index (χ1v) is 8.40. The van der Waals surface area contributed by atoms with Crippen LogP contribution in [0.4, 0.5) is 5.69 Å². The average Bonchev–Trinajstić information content (AvgIpc) is 2.69. The topological polar surface area (TPSA) is 69.6 Å². The van der Waals surface area contributed by atoms with Crippen LogP contribution in [-0.2, 0) is 13.7 Å². The van der Waals surface area contributed by atoms with Crippen LogP contribution in [0.1, 0.15) is 16.1 Å². The number of nitrogens with zero attached hydrogens (tertiary/aromatic N) is 1. The first-order chi connectivity index (χ1) is 13.1. The van der Waals surface area contributed by atoms with Gasteiger partial charge in [-0.15, -0.1) is 0 Å². The zero-order valence-electron chi connectivity index (χ0n) is 15.1. The summed E-state index contributed by atoms with van der Waals surface area (Å²) in [5.74, 6) is 0.322. The van der Waals surface area contributed by atoms with E-state index in [4.69, 9.17) is 9.47 Å². The lowest BCUT2D eigenvalue weighted by molar-refractivity contribution is 0.101. The summed E-state index contributed by atoms with van der Waals surface area (Å²) < 4.78 is 12.4. The number of benzene rings is 2. The molecule has 1 heterocycles. The van der Waals surface area contributed by atoms with Crippen molar-refractivity contribution in [3.8, 4) is 11.5 Å². The molecule has 6 heteroatoms. The smallest absolute Gasteiger partial charge is 0.272 e. The average molecular weight is 364 g/mol. The van der Waals surface area contributed by atoms with Crippen molar-refractivity contribution < 1.29 is 14.3 Å². The van der Waals surface area contributed by atoms with Gasteiger partial charge in [0.15, 0.2) is 5.75 Å². The zero-order valence-corrected chi connectivity index (χ0v) is 15.1. The molecule has 6 nitrogen and oxygen atoms in total. The number of rotatable bonds is 6. The molecule has 1 N–H and O–H groups in total. The van der Waals surface area contributed by atoms with E-state index in [1.54, 1.807) is 29.8 Å². The standard InChI is InChI=1S/C21H20N2O4/c1-23-13-20(27-14-15-8-4-3-5-9-15)18(24)12-17(23)21(25)22-16-10-6-7-11-19(16)26-2/h3-13H,14H2,1-2H3,(H,22,25). The lowest BCUT2D eigenvalue weighted by Gasteiger charge is -2.13. The van der Waals surface area contributed by atoms with Crippen LogP contribution in [0.15, 0.2) is 71.7 Å². The molecular weight excluding hydrogens is 344 g/mol. The highest BCUT2D eigenvalue weighted by Crippen LogP contribution is 2.23. The van der Waals surface area contributed by atoms with Gasteiger partial charge in [0.25, 0.3) is 5.91 Å². The van der Waals surface area contributed by atoms with Crippen LogP contribution in [0, 0.1) is 0 Å². The van der Waals surface area contributed by atoms with Gasteiger partial charge in [0.05, 0.1) is 19.0 Å². The predicted molar refractivity (Wildman–Crippen MR) is 103 cm³/mol. The van der Waals surface area contributed by atoms with E-state index in [2.05, 4.69) is 5.32 Å². The molecule has 0 unspecified atom stereocenters. The molecule has 0 radical (unpaired) electrons. The molecule has 0 saturated carbocycles. The highest BCUT2D eigenvalue weighted by molar-refractivity contribution is 6.03. The Hall–Kier alpha value is -3.54. The Balaban J connectivity index is 1.77. The second kappa shape index (κ2) is 8.23. The maximum Gasteiger partial charge on any atom is 0.272 e. The first-order valence-electron chi connectivity index (χ1n) is 8.40. The van der Waals surface area contributed by atoms with Gasteiger partial charge in [-0.25, -0.2) is 0 Å². The van der Waals surface area contributed by atoms with E-state index < -0.39 is 5.91 Å². The second-order valence-corrected chi connectivity index (χ2v) is 5.93. The van der Waals surface area contributed by atoms with Crippen molar-refractivity contribution in [2.24, 2.45) is 7.05 Å². The Labute approximate surface area is 157 Å². The number of hydrogen-bond acceptors (Lipinski definition) is 4. The molecule has 0 bridgehead atoms. The third-order valence-corrected chi connectivity index (χ3v) is 4.03. The van der Waals surface area contributed by atoms with Crippen LogP contribution >= 0.6 is 0 Å². The van der Waals surface area contributed by atoms with E-state index in [1.807, 2.05) is 36.4 Å². The lowest BCUT2D eigenvalue weighted by Crippen LogP contribution is -2.22. The molecule has 138 valence electrons.